The van der Waals surface area contributed by atoms with Crippen molar-refractivity contribution in [2.75, 3.05) is 6.61 Å². The monoisotopic (exact) mass is 565 g/mol. The van der Waals surface area contributed by atoms with Gasteiger partial charge >= 0.3 is 37.3 Å². The van der Waals surface area contributed by atoms with Crippen molar-refractivity contribution in [1.82, 2.24) is 0 Å². The molecule has 0 aromatic carbocycles. The summed E-state index contributed by atoms with van der Waals surface area (Å²) in [6.45, 7) is 10.0. The first-order chi connectivity index (χ1) is 10.8. The molecule has 10 nitrogen and oxygen atoms in total. The van der Waals surface area contributed by atoms with E-state index >= 15 is 0 Å². The molecule has 0 aromatic heterocycles. The number of aliphatic hydroxyl groups excluding tert-OH is 1. The van der Waals surface area contributed by atoms with Crippen molar-refractivity contribution in [2.24, 2.45) is 0 Å². The molecule has 11 heteroatoms. The maximum Gasteiger partial charge on any atom is 3.00 e. The summed E-state index contributed by atoms with van der Waals surface area (Å²) in [4.78, 5) is 29.9. The Bertz CT molecular complexity index is 390. The molecule has 9 N–H and O–H groups in total. The third-order valence-electron chi connectivity index (χ3n) is 1.22. The Hall–Kier alpha value is -1.28. The summed E-state index contributed by atoms with van der Waals surface area (Å²) < 4.78 is 0. The van der Waals surface area contributed by atoms with Gasteiger partial charge in [0.2, 0.25) is 0 Å². The summed E-state index contributed by atoms with van der Waals surface area (Å²) in [5.41, 5.74) is 0. The number of ketones is 3. The van der Waals surface area contributed by atoms with Crippen LogP contribution in [-0.4, -0.2) is 34.5 Å². The van der Waals surface area contributed by atoms with Crippen LogP contribution in [0.15, 0.2) is 35.5 Å². The van der Waals surface area contributed by atoms with Crippen molar-refractivity contribution in [2.45, 2.75) is 48.5 Å². The number of carbonyl (C=O) groups is 3. The first kappa shape index (κ1) is 50.4. The van der Waals surface area contributed by atoms with Gasteiger partial charge in [0.25, 0.3) is 0 Å². The van der Waals surface area contributed by atoms with Crippen LogP contribution in [0, 0.1) is 37.3 Å². The zero-order chi connectivity index (χ0) is 20.3. The standard InChI is InChI=1S/3C5H8O2.C2H6O.Er.3H2O/c3*1-4(6)3-5(2)7;1-2-3;;;;/h3*3,6H,1-2H3;3H,2H2,1H3;;3*1H2/q;;;;+3;;;/p-1/b3*4-3-;;;;;. The third kappa shape index (κ3) is 121. The first-order valence-corrected chi connectivity index (χ1v) is 6.98. The van der Waals surface area contributed by atoms with Crippen molar-refractivity contribution in [1.29, 1.82) is 0 Å². The summed E-state index contributed by atoms with van der Waals surface area (Å²) >= 11 is 0. The van der Waals surface area contributed by atoms with Crippen molar-refractivity contribution in [3.63, 3.8) is 0 Å². The van der Waals surface area contributed by atoms with Gasteiger partial charge in [-0.25, -0.2) is 0 Å². The van der Waals surface area contributed by atoms with Crippen molar-refractivity contribution < 1.29 is 88.5 Å². The Morgan fingerprint density at radius 3 is 0.786 bits per heavy atom. The predicted octanol–water partition coefficient (Wildman–Crippen LogP) is -3.15. The molecule has 0 saturated carbocycles. The second kappa shape index (κ2) is 36.6. The summed E-state index contributed by atoms with van der Waals surface area (Å²) in [7, 11) is 0. The van der Waals surface area contributed by atoms with Crippen LogP contribution in [0.5, 0.6) is 0 Å². The normalized spacial score (nSPS) is 9.21. The van der Waals surface area contributed by atoms with Crippen LogP contribution < -0.4 is 15.3 Å². The Balaban J connectivity index is -0.0000000312. The van der Waals surface area contributed by atoms with E-state index in [2.05, 4.69) is 0 Å². The van der Waals surface area contributed by atoms with Crippen LogP contribution in [-0.2, 0) is 25.3 Å². The molecule has 0 aliphatic carbocycles. The smallest absolute Gasteiger partial charge is 0.876 e. The Morgan fingerprint density at radius 2 is 0.786 bits per heavy atom. The van der Waals surface area contributed by atoms with E-state index in [1.165, 1.54) is 41.5 Å². The Kier molecular flexibility index (Phi) is 65.9. The average molecular weight is 567 g/mol. The first-order valence-electron chi connectivity index (χ1n) is 6.98. The zero-order valence-corrected chi connectivity index (χ0v) is 19.1. The molecule has 0 aromatic rings. The quantitative estimate of drug-likeness (QED) is 0.209. The maximum absolute atomic E-state index is 9.98. The van der Waals surface area contributed by atoms with E-state index in [4.69, 9.17) is 5.11 Å². The van der Waals surface area contributed by atoms with E-state index in [0.717, 1.165) is 18.2 Å². The van der Waals surface area contributed by atoms with E-state index in [-0.39, 0.29) is 95.0 Å². The van der Waals surface area contributed by atoms with Crippen LogP contribution >= 0.6 is 0 Å². The number of carbonyl (C=O) groups excluding carboxylic acids is 3. The molecule has 28 heavy (non-hydrogen) atoms. The molecule has 0 aliphatic rings. The topological polar surface area (TPSA) is 238 Å². The predicted molar refractivity (Wildman–Crippen MR) is 99.4 cm³/mol. The van der Waals surface area contributed by atoms with Crippen molar-refractivity contribution >= 4 is 17.3 Å². The van der Waals surface area contributed by atoms with Gasteiger partial charge in [0.05, 0.1) is 0 Å². The van der Waals surface area contributed by atoms with Crippen LogP contribution in [0.2, 0.25) is 0 Å². The zero-order valence-electron chi connectivity index (χ0n) is 17.3. The molecular formula is C17H35ErO10+2. The Morgan fingerprint density at radius 1 is 0.679 bits per heavy atom. The molecule has 0 fully saturated rings. The van der Waals surface area contributed by atoms with Gasteiger partial charge in [0.15, 0.2) is 17.3 Å². The van der Waals surface area contributed by atoms with Crippen LogP contribution in [0.25, 0.3) is 0 Å². The SMILES string of the molecule is CC(=O)/C=C(/C)[O-].CC(=O)/C=C(/C)[O-].CC(=O)/C=C(/C)[O-].CCO.O.[Er+3].[OH3+].[OH3+]. The molecule has 173 valence electrons. The van der Waals surface area contributed by atoms with Gasteiger partial charge in [-0.2, -0.15) is 0 Å². The fraction of sp³-hybridized carbons (Fsp3) is 0.471. The average Bonchev–Trinajstić information content (AvgIpc) is 2.24. The minimum Gasteiger partial charge on any atom is -0.876 e. The van der Waals surface area contributed by atoms with Crippen LogP contribution in [0.3, 0.4) is 0 Å². The molecular weight excluding hydrogens is 531 g/mol. The van der Waals surface area contributed by atoms with E-state index < -0.39 is 0 Å². The molecule has 0 bridgehead atoms. The summed E-state index contributed by atoms with van der Waals surface area (Å²) in [5.74, 6) is -1.12. The van der Waals surface area contributed by atoms with Gasteiger partial charge in [-0.15, -0.1) is 17.3 Å². The van der Waals surface area contributed by atoms with Crippen molar-refractivity contribution in [3.05, 3.63) is 35.5 Å². The molecule has 0 rings (SSSR count). The molecule has 0 spiro atoms. The minimum atomic E-state index is -0.187. The van der Waals surface area contributed by atoms with E-state index in [0.29, 0.717) is 0 Å². The fourth-order valence-corrected chi connectivity index (χ4v) is 0.859. The van der Waals surface area contributed by atoms with Gasteiger partial charge in [-0.1, -0.05) is 20.8 Å². The number of hydrogen-bond donors (Lipinski definition) is 1. The molecule has 0 atom stereocenters. The van der Waals surface area contributed by atoms with Gasteiger partial charge in [-0.05, 0) is 45.9 Å². The van der Waals surface area contributed by atoms with E-state index in [9.17, 15) is 29.7 Å². The fourth-order valence-electron chi connectivity index (χ4n) is 0.859. The second-order valence-electron chi connectivity index (χ2n) is 4.41. The van der Waals surface area contributed by atoms with Gasteiger partial charge < -0.3 is 36.9 Å². The largest absolute Gasteiger partial charge is 3.00 e. The van der Waals surface area contributed by atoms with Gasteiger partial charge in [0.1, 0.15) is 0 Å². The molecule has 0 amide bonds. The molecule has 1 radical (unpaired) electrons. The summed E-state index contributed by atoms with van der Waals surface area (Å²) in [6, 6.07) is 0. The number of allylic oxidation sites excluding steroid dienone is 6. The van der Waals surface area contributed by atoms with E-state index in [1.807, 2.05) is 0 Å². The van der Waals surface area contributed by atoms with Crippen molar-refractivity contribution in [3.8, 4) is 0 Å². The Labute approximate surface area is 195 Å². The molecule has 0 saturated heterocycles. The maximum atomic E-state index is 9.98. The molecule has 0 aliphatic heterocycles. The van der Waals surface area contributed by atoms with Crippen LogP contribution in [0.1, 0.15) is 48.5 Å². The van der Waals surface area contributed by atoms with Crippen LogP contribution in [0.4, 0.5) is 0 Å². The summed E-state index contributed by atoms with van der Waals surface area (Å²) in [5, 5.41) is 37.5. The number of rotatable bonds is 3. The van der Waals surface area contributed by atoms with E-state index in [1.54, 1.807) is 6.92 Å². The minimum absolute atomic E-state index is 0. The second-order valence-corrected chi connectivity index (χ2v) is 4.41. The number of aliphatic hydroxyl groups is 1. The third-order valence-corrected chi connectivity index (χ3v) is 1.22. The van der Waals surface area contributed by atoms with Gasteiger partial charge in [0, 0.05) is 6.61 Å². The molecule has 0 unspecified atom stereocenters. The summed E-state index contributed by atoms with van der Waals surface area (Å²) in [6.07, 6.45) is 3.17. The number of hydrogen-bond acceptors (Lipinski definition) is 7. The molecule has 0 heterocycles. The van der Waals surface area contributed by atoms with Gasteiger partial charge in [-0.3, -0.25) is 14.4 Å².